The average Bonchev–Trinajstić information content (AvgIpc) is 2.97. The van der Waals surface area contributed by atoms with Crippen molar-refractivity contribution >= 4 is 11.3 Å². The molecular weight excluding hydrogens is 282 g/mol. The number of nitrogens with zero attached hydrogens (tertiary/aromatic N) is 2. The van der Waals surface area contributed by atoms with Gasteiger partial charge in [0.25, 0.3) is 0 Å². The highest BCUT2D eigenvalue weighted by Crippen LogP contribution is 2.23. The third-order valence-corrected chi connectivity index (χ3v) is 4.68. The topological polar surface area (TPSA) is 51.4 Å². The van der Waals surface area contributed by atoms with Crippen molar-refractivity contribution in [3.63, 3.8) is 0 Å². The highest BCUT2D eigenvalue weighted by atomic mass is 32.1. The first-order chi connectivity index (χ1) is 10.2. The van der Waals surface area contributed by atoms with Crippen LogP contribution in [0.3, 0.4) is 0 Å². The van der Waals surface area contributed by atoms with Crippen LogP contribution in [0.1, 0.15) is 5.01 Å². The van der Waals surface area contributed by atoms with Gasteiger partial charge >= 0.3 is 0 Å². The van der Waals surface area contributed by atoms with E-state index < -0.39 is 0 Å². The minimum Gasteiger partial charge on any atom is -0.374 e. The highest BCUT2D eigenvalue weighted by molar-refractivity contribution is 7.09. The molecule has 0 bridgehead atoms. The molecule has 2 aromatic rings. The van der Waals surface area contributed by atoms with Crippen LogP contribution in [0, 0.1) is 0 Å². The Labute approximate surface area is 129 Å². The summed E-state index contributed by atoms with van der Waals surface area (Å²) in [7, 11) is 2.11. The molecule has 0 spiro atoms. The molecule has 1 fully saturated rings. The molecule has 1 aliphatic heterocycles. The van der Waals surface area contributed by atoms with Gasteiger partial charge in [0.2, 0.25) is 0 Å². The summed E-state index contributed by atoms with van der Waals surface area (Å²) in [5.74, 6) is 0. The normalized spacial score (nSPS) is 21.3. The van der Waals surface area contributed by atoms with Gasteiger partial charge in [-0.15, -0.1) is 11.3 Å². The van der Waals surface area contributed by atoms with Crippen molar-refractivity contribution in [3.8, 4) is 11.3 Å². The van der Waals surface area contributed by atoms with Gasteiger partial charge in [0.05, 0.1) is 23.4 Å². The van der Waals surface area contributed by atoms with Crippen LogP contribution in [0.2, 0.25) is 0 Å². The van der Waals surface area contributed by atoms with E-state index >= 15 is 0 Å². The van der Waals surface area contributed by atoms with Gasteiger partial charge < -0.3 is 15.4 Å². The molecule has 1 aromatic carbocycles. The molecule has 112 valence electrons. The minimum atomic E-state index is 0.00234. The predicted molar refractivity (Wildman–Crippen MR) is 86.5 cm³/mol. The molecule has 2 atom stereocenters. The quantitative estimate of drug-likeness (QED) is 0.939. The molecule has 4 nitrogen and oxygen atoms in total. The lowest BCUT2D eigenvalue weighted by Crippen LogP contribution is -2.50. The molecular formula is C16H21N3OS. The van der Waals surface area contributed by atoms with E-state index in [2.05, 4.69) is 29.5 Å². The number of benzene rings is 1. The average molecular weight is 303 g/mol. The van der Waals surface area contributed by atoms with Gasteiger partial charge in [-0.2, -0.15) is 0 Å². The van der Waals surface area contributed by atoms with Gasteiger partial charge in [-0.05, 0) is 7.05 Å². The van der Waals surface area contributed by atoms with E-state index in [4.69, 9.17) is 15.5 Å². The SMILES string of the molecule is CN1CCOC(C(N)Cc2nc(-c3ccccc3)cs2)C1. The summed E-state index contributed by atoms with van der Waals surface area (Å²) in [4.78, 5) is 6.97. The molecule has 21 heavy (non-hydrogen) atoms. The summed E-state index contributed by atoms with van der Waals surface area (Å²) in [5, 5.41) is 3.18. The molecule has 2 heterocycles. The molecule has 1 saturated heterocycles. The van der Waals surface area contributed by atoms with Gasteiger partial charge in [-0.25, -0.2) is 4.98 Å². The smallest absolute Gasteiger partial charge is 0.0949 e. The number of ether oxygens (including phenoxy) is 1. The Morgan fingerprint density at radius 3 is 3.00 bits per heavy atom. The zero-order chi connectivity index (χ0) is 14.7. The first-order valence-electron chi connectivity index (χ1n) is 7.28. The Hall–Kier alpha value is -1.27. The van der Waals surface area contributed by atoms with Gasteiger partial charge in [0.15, 0.2) is 0 Å². The Morgan fingerprint density at radius 2 is 2.24 bits per heavy atom. The maximum absolute atomic E-state index is 6.31. The maximum Gasteiger partial charge on any atom is 0.0949 e. The van der Waals surface area contributed by atoms with Gasteiger partial charge in [-0.3, -0.25) is 0 Å². The second-order valence-electron chi connectivity index (χ2n) is 5.53. The molecule has 5 heteroatoms. The number of nitrogens with two attached hydrogens (primary N) is 1. The Morgan fingerprint density at radius 1 is 1.43 bits per heavy atom. The summed E-state index contributed by atoms with van der Waals surface area (Å²) in [5.41, 5.74) is 8.49. The van der Waals surface area contributed by atoms with E-state index in [-0.39, 0.29) is 12.1 Å². The molecule has 0 radical (unpaired) electrons. The first kappa shape index (κ1) is 14.7. The fourth-order valence-electron chi connectivity index (χ4n) is 2.55. The second kappa shape index (κ2) is 6.66. The number of hydrogen-bond acceptors (Lipinski definition) is 5. The van der Waals surface area contributed by atoms with E-state index in [0.717, 1.165) is 42.4 Å². The van der Waals surface area contributed by atoms with Gasteiger partial charge in [0.1, 0.15) is 0 Å². The van der Waals surface area contributed by atoms with Crippen LogP contribution in [0.4, 0.5) is 0 Å². The molecule has 0 saturated carbocycles. The standard InChI is InChI=1S/C16H21N3OS/c1-19-7-8-20-15(10-19)13(17)9-16-18-14(11-21-16)12-5-3-2-4-6-12/h2-6,11,13,15H,7-10,17H2,1H3. The van der Waals surface area contributed by atoms with Crippen molar-refractivity contribution in [2.24, 2.45) is 5.73 Å². The van der Waals surface area contributed by atoms with Crippen LogP contribution < -0.4 is 5.73 Å². The third-order valence-electron chi connectivity index (χ3n) is 3.81. The van der Waals surface area contributed by atoms with Crippen molar-refractivity contribution in [1.29, 1.82) is 0 Å². The highest BCUT2D eigenvalue weighted by Gasteiger charge is 2.25. The van der Waals surface area contributed by atoms with Crippen LogP contribution >= 0.6 is 11.3 Å². The first-order valence-corrected chi connectivity index (χ1v) is 8.16. The lowest BCUT2D eigenvalue weighted by Gasteiger charge is -2.33. The van der Waals surface area contributed by atoms with Crippen LogP contribution in [0.15, 0.2) is 35.7 Å². The Balaban J connectivity index is 1.64. The zero-order valence-electron chi connectivity index (χ0n) is 12.2. The summed E-state index contributed by atoms with van der Waals surface area (Å²) >= 11 is 1.68. The maximum atomic E-state index is 6.31. The minimum absolute atomic E-state index is 0.00234. The van der Waals surface area contributed by atoms with Crippen LogP contribution in [-0.4, -0.2) is 48.8 Å². The lowest BCUT2D eigenvalue weighted by molar-refractivity contribution is -0.0319. The van der Waals surface area contributed by atoms with Crippen molar-refractivity contribution in [1.82, 2.24) is 9.88 Å². The summed E-state index contributed by atoms with van der Waals surface area (Å²) < 4.78 is 5.78. The van der Waals surface area contributed by atoms with Gasteiger partial charge in [0, 0.05) is 36.5 Å². The molecule has 2 unspecified atom stereocenters. The number of likely N-dealkylation sites (N-methyl/N-ethyl adjacent to an activating group) is 1. The van der Waals surface area contributed by atoms with Crippen molar-refractivity contribution in [3.05, 3.63) is 40.7 Å². The van der Waals surface area contributed by atoms with E-state index in [0.29, 0.717) is 0 Å². The monoisotopic (exact) mass is 303 g/mol. The second-order valence-corrected chi connectivity index (χ2v) is 6.47. The molecule has 0 amide bonds. The number of aromatic nitrogens is 1. The Bertz CT molecular complexity index is 572. The Kier molecular flexibility index (Phi) is 4.65. The van der Waals surface area contributed by atoms with Crippen molar-refractivity contribution in [2.45, 2.75) is 18.6 Å². The lowest BCUT2D eigenvalue weighted by atomic mass is 10.1. The number of rotatable bonds is 4. The van der Waals surface area contributed by atoms with Crippen LogP contribution in [0.5, 0.6) is 0 Å². The van der Waals surface area contributed by atoms with E-state index in [1.165, 1.54) is 0 Å². The molecule has 1 aromatic heterocycles. The summed E-state index contributed by atoms with van der Waals surface area (Å²) in [6, 6.07) is 10.2. The summed E-state index contributed by atoms with van der Waals surface area (Å²) in [6.45, 7) is 2.65. The number of thiazole rings is 1. The molecule has 0 aliphatic carbocycles. The van der Waals surface area contributed by atoms with E-state index in [9.17, 15) is 0 Å². The van der Waals surface area contributed by atoms with Crippen molar-refractivity contribution in [2.75, 3.05) is 26.7 Å². The fourth-order valence-corrected chi connectivity index (χ4v) is 3.43. The predicted octanol–water partition coefficient (Wildman–Crippen LogP) is 2.01. The molecule has 2 N–H and O–H groups in total. The van der Waals surface area contributed by atoms with Crippen LogP contribution in [-0.2, 0) is 11.2 Å². The largest absolute Gasteiger partial charge is 0.374 e. The third kappa shape index (κ3) is 3.68. The van der Waals surface area contributed by atoms with Crippen LogP contribution in [0.25, 0.3) is 11.3 Å². The zero-order valence-corrected chi connectivity index (χ0v) is 13.1. The number of hydrogen-bond donors (Lipinski definition) is 1. The fraction of sp³-hybridized carbons (Fsp3) is 0.438. The summed E-state index contributed by atoms with van der Waals surface area (Å²) in [6.07, 6.45) is 0.878. The number of morpholine rings is 1. The van der Waals surface area contributed by atoms with Gasteiger partial charge in [-0.1, -0.05) is 30.3 Å². The van der Waals surface area contributed by atoms with E-state index in [1.807, 2.05) is 18.2 Å². The van der Waals surface area contributed by atoms with E-state index in [1.54, 1.807) is 11.3 Å². The molecule has 3 rings (SSSR count). The van der Waals surface area contributed by atoms with Crippen molar-refractivity contribution < 1.29 is 4.74 Å². The molecule has 1 aliphatic rings.